The zero-order valence-electron chi connectivity index (χ0n) is 7.57. The lowest BCUT2D eigenvalue weighted by molar-refractivity contribution is -0.137. The van der Waals surface area contributed by atoms with E-state index >= 15 is 0 Å². The summed E-state index contributed by atoms with van der Waals surface area (Å²) in [6, 6.07) is 1.91. The Kier molecular flexibility index (Phi) is 2.21. The molecule has 0 saturated carbocycles. The largest absolute Gasteiger partial charge is 0.465 e. The Balaban J connectivity index is 2.44. The average molecular weight is 208 g/mol. The topological polar surface area (TPSA) is 43.4 Å². The summed E-state index contributed by atoms with van der Waals surface area (Å²) in [5.41, 5.74) is 1.15. The summed E-state index contributed by atoms with van der Waals surface area (Å²) < 4.78 is 4.53. The smallest absolute Gasteiger partial charge is 0.341 e. The van der Waals surface area contributed by atoms with Gasteiger partial charge in [0.15, 0.2) is 5.78 Å². The number of carbonyl (C=O) groups excluding carboxylic acids is 2. The number of hydrogen-bond acceptors (Lipinski definition) is 4. The van der Waals surface area contributed by atoms with Crippen molar-refractivity contribution in [3.05, 3.63) is 27.5 Å². The standard InChI is InChI=1S/C10H8O3S/c1-13-10(12)7-5-9-6(2-3-14-9)4-8(7)11/h2-3,5H,4H2,1H3. The van der Waals surface area contributed by atoms with Crippen LogP contribution in [0.25, 0.3) is 6.08 Å². The number of fused-ring (bicyclic) bond motifs is 1. The molecule has 1 heterocycles. The lowest BCUT2D eigenvalue weighted by atomic mass is 9.97. The van der Waals surface area contributed by atoms with Crippen LogP contribution in [0.1, 0.15) is 10.4 Å². The molecule has 0 N–H and O–H groups in total. The maximum Gasteiger partial charge on any atom is 0.341 e. The monoisotopic (exact) mass is 208 g/mol. The fourth-order valence-electron chi connectivity index (χ4n) is 1.38. The number of ether oxygens (including phenoxy) is 1. The second-order valence-corrected chi connectivity index (χ2v) is 3.91. The molecule has 2 rings (SSSR count). The maximum absolute atomic E-state index is 11.5. The van der Waals surface area contributed by atoms with Crippen molar-refractivity contribution in [3.8, 4) is 0 Å². The van der Waals surface area contributed by atoms with E-state index in [4.69, 9.17) is 0 Å². The Morgan fingerprint density at radius 2 is 2.36 bits per heavy atom. The van der Waals surface area contributed by atoms with Crippen LogP contribution in [0.4, 0.5) is 0 Å². The first-order valence-electron chi connectivity index (χ1n) is 4.12. The van der Waals surface area contributed by atoms with Gasteiger partial charge in [-0.1, -0.05) is 0 Å². The van der Waals surface area contributed by atoms with Gasteiger partial charge in [-0.2, -0.15) is 0 Å². The van der Waals surface area contributed by atoms with Crippen molar-refractivity contribution in [2.24, 2.45) is 0 Å². The van der Waals surface area contributed by atoms with Crippen LogP contribution in [0.5, 0.6) is 0 Å². The third-order valence-corrected chi connectivity index (χ3v) is 3.02. The van der Waals surface area contributed by atoms with Crippen molar-refractivity contribution >= 4 is 29.2 Å². The van der Waals surface area contributed by atoms with Crippen LogP contribution in [0, 0.1) is 0 Å². The molecule has 0 fully saturated rings. The van der Waals surface area contributed by atoms with E-state index in [-0.39, 0.29) is 11.4 Å². The molecule has 0 atom stereocenters. The van der Waals surface area contributed by atoms with E-state index in [9.17, 15) is 9.59 Å². The van der Waals surface area contributed by atoms with Crippen LogP contribution >= 0.6 is 11.3 Å². The van der Waals surface area contributed by atoms with Crippen LogP contribution in [0.2, 0.25) is 0 Å². The first-order valence-corrected chi connectivity index (χ1v) is 5.00. The van der Waals surface area contributed by atoms with Gasteiger partial charge in [-0.25, -0.2) is 4.79 Å². The molecule has 0 saturated heterocycles. The molecule has 1 aromatic rings. The number of thiophene rings is 1. The Morgan fingerprint density at radius 1 is 1.57 bits per heavy atom. The van der Waals surface area contributed by atoms with Crippen molar-refractivity contribution in [2.45, 2.75) is 6.42 Å². The van der Waals surface area contributed by atoms with Gasteiger partial charge in [0, 0.05) is 11.3 Å². The van der Waals surface area contributed by atoms with Gasteiger partial charge in [-0.05, 0) is 23.1 Å². The number of methoxy groups -OCH3 is 1. The van der Waals surface area contributed by atoms with Crippen molar-refractivity contribution in [2.75, 3.05) is 7.11 Å². The van der Waals surface area contributed by atoms with E-state index < -0.39 is 5.97 Å². The van der Waals surface area contributed by atoms with Gasteiger partial charge in [0.1, 0.15) is 5.57 Å². The van der Waals surface area contributed by atoms with Crippen molar-refractivity contribution in [1.29, 1.82) is 0 Å². The molecule has 0 aromatic carbocycles. The molecule has 0 aliphatic heterocycles. The predicted molar refractivity (Wildman–Crippen MR) is 53.0 cm³/mol. The highest BCUT2D eigenvalue weighted by molar-refractivity contribution is 7.11. The maximum atomic E-state index is 11.5. The first kappa shape index (κ1) is 9.15. The zero-order valence-corrected chi connectivity index (χ0v) is 8.39. The number of esters is 1. The normalized spacial score (nSPS) is 14.6. The Hall–Kier alpha value is -1.42. The zero-order chi connectivity index (χ0) is 10.1. The molecule has 3 nitrogen and oxygen atoms in total. The minimum Gasteiger partial charge on any atom is -0.465 e. The molecule has 0 spiro atoms. The molecule has 0 bridgehead atoms. The summed E-state index contributed by atoms with van der Waals surface area (Å²) in [7, 11) is 1.28. The van der Waals surface area contributed by atoms with Crippen molar-refractivity contribution in [3.63, 3.8) is 0 Å². The van der Waals surface area contributed by atoms with Crippen LogP contribution in [-0.2, 0) is 20.7 Å². The van der Waals surface area contributed by atoms with Gasteiger partial charge in [-0.15, -0.1) is 11.3 Å². The third kappa shape index (κ3) is 1.37. The van der Waals surface area contributed by atoms with Gasteiger partial charge in [0.2, 0.25) is 0 Å². The molecule has 72 valence electrons. The second kappa shape index (κ2) is 3.38. The summed E-state index contributed by atoms with van der Waals surface area (Å²) in [4.78, 5) is 23.7. The Morgan fingerprint density at radius 3 is 3.07 bits per heavy atom. The summed E-state index contributed by atoms with van der Waals surface area (Å²) in [6.07, 6.45) is 1.91. The fraction of sp³-hybridized carbons (Fsp3) is 0.200. The number of Topliss-reactive ketones (excluding diaryl/α,β-unsaturated/α-hetero) is 1. The molecule has 1 aliphatic rings. The summed E-state index contributed by atoms with van der Waals surface area (Å²) in [5.74, 6) is -0.711. The Labute approximate surface area is 85.0 Å². The van der Waals surface area contributed by atoms with Gasteiger partial charge < -0.3 is 4.74 Å². The lowest BCUT2D eigenvalue weighted by Gasteiger charge is -2.09. The van der Waals surface area contributed by atoms with E-state index in [1.165, 1.54) is 18.4 Å². The van der Waals surface area contributed by atoms with Gasteiger partial charge in [0.05, 0.1) is 7.11 Å². The highest BCUT2D eigenvalue weighted by Crippen LogP contribution is 2.26. The molecule has 1 aliphatic carbocycles. The molecule has 0 radical (unpaired) electrons. The van der Waals surface area contributed by atoms with Crippen molar-refractivity contribution in [1.82, 2.24) is 0 Å². The molecule has 4 heteroatoms. The van der Waals surface area contributed by atoms with Gasteiger partial charge >= 0.3 is 5.97 Å². The highest BCUT2D eigenvalue weighted by Gasteiger charge is 2.24. The number of hydrogen-bond donors (Lipinski definition) is 0. The highest BCUT2D eigenvalue weighted by atomic mass is 32.1. The number of rotatable bonds is 1. The van der Waals surface area contributed by atoms with E-state index in [1.54, 1.807) is 6.08 Å². The van der Waals surface area contributed by atoms with Crippen LogP contribution in [-0.4, -0.2) is 18.9 Å². The fourth-order valence-corrected chi connectivity index (χ4v) is 2.24. The molecule has 0 unspecified atom stereocenters. The second-order valence-electron chi connectivity index (χ2n) is 2.96. The predicted octanol–water partition coefficient (Wildman–Crippen LogP) is 1.43. The molecular weight excluding hydrogens is 200 g/mol. The average Bonchev–Trinajstić information content (AvgIpc) is 2.62. The van der Waals surface area contributed by atoms with Crippen LogP contribution in [0.15, 0.2) is 17.0 Å². The molecule has 1 aromatic heterocycles. The molecule has 0 amide bonds. The van der Waals surface area contributed by atoms with E-state index in [0.29, 0.717) is 6.42 Å². The lowest BCUT2D eigenvalue weighted by Crippen LogP contribution is -2.18. The van der Waals surface area contributed by atoms with Gasteiger partial charge in [0.25, 0.3) is 0 Å². The quantitative estimate of drug-likeness (QED) is 0.518. The first-order chi connectivity index (χ1) is 6.72. The summed E-state index contributed by atoms with van der Waals surface area (Å²) in [6.45, 7) is 0. The van der Waals surface area contributed by atoms with Crippen LogP contribution < -0.4 is 0 Å². The van der Waals surface area contributed by atoms with Crippen LogP contribution in [0.3, 0.4) is 0 Å². The minimum absolute atomic E-state index is 0.155. The van der Waals surface area contributed by atoms with Gasteiger partial charge in [-0.3, -0.25) is 4.79 Å². The Bertz CT molecular complexity index is 428. The summed E-state index contributed by atoms with van der Waals surface area (Å²) in [5, 5.41) is 1.91. The van der Waals surface area contributed by atoms with E-state index in [2.05, 4.69) is 4.74 Å². The van der Waals surface area contributed by atoms with Crippen molar-refractivity contribution < 1.29 is 14.3 Å². The molecular formula is C10H8O3S. The number of ketones is 1. The van der Waals surface area contributed by atoms with E-state index in [0.717, 1.165) is 10.4 Å². The van der Waals surface area contributed by atoms with E-state index in [1.807, 2.05) is 11.4 Å². The summed E-state index contributed by atoms with van der Waals surface area (Å²) >= 11 is 1.52. The third-order valence-electron chi connectivity index (χ3n) is 2.11. The SMILES string of the molecule is COC(=O)C1=Cc2sccc2CC1=O. The number of carbonyl (C=O) groups is 2. The molecule has 14 heavy (non-hydrogen) atoms. The minimum atomic E-state index is -0.547.